The number of hydrogen-bond acceptors (Lipinski definition) is 4. The van der Waals surface area contributed by atoms with Crippen LogP contribution in [0.3, 0.4) is 0 Å². The molecule has 0 aromatic heterocycles. The number of aliphatic carboxylic acids is 1. The average Bonchev–Trinajstić information content (AvgIpc) is 1.96. The Morgan fingerprint density at radius 1 is 1.58 bits per heavy atom. The van der Waals surface area contributed by atoms with Crippen LogP contribution in [-0.2, 0) is 9.59 Å². The minimum atomic E-state index is -0.977. The van der Waals surface area contributed by atoms with E-state index in [-0.39, 0.29) is 18.3 Å². The zero-order valence-corrected chi connectivity index (χ0v) is 7.60. The monoisotopic (exact) mass is 192 g/mol. The Kier molecular flexibility index (Phi) is 5.48. The van der Waals surface area contributed by atoms with Crippen LogP contribution in [0.25, 0.3) is 0 Å². The smallest absolute Gasteiger partial charge is 0.321 e. The lowest BCUT2D eigenvalue weighted by atomic mass is 10.3. The van der Waals surface area contributed by atoms with Crippen LogP contribution in [0.4, 0.5) is 0 Å². The summed E-state index contributed by atoms with van der Waals surface area (Å²) in [5.41, 5.74) is 0. The molecular formula is C6H12N2O3S. The van der Waals surface area contributed by atoms with Gasteiger partial charge in [-0.15, -0.1) is 0 Å². The lowest BCUT2D eigenvalue weighted by Gasteiger charge is -2.11. The molecule has 0 radical (unpaired) electrons. The fraction of sp³-hybridized carbons (Fsp3) is 0.667. The van der Waals surface area contributed by atoms with E-state index in [4.69, 9.17) is 5.11 Å². The maximum atomic E-state index is 10.4. The Morgan fingerprint density at radius 2 is 2.17 bits per heavy atom. The molecule has 0 aliphatic heterocycles. The molecule has 0 fully saturated rings. The van der Waals surface area contributed by atoms with Crippen LogP contribution in [0, 0.1) is 0 Å². The number of carboxylic acids is 1. The lowest BCUT2D eigenvalue weighted by Crippen LogP contribution is -2.44. The summed E-state index contributed by atoms with van der Waals surface area (Å²) in [6.45, 7) is 1.50. The van der Waals surface area contributed by atoms with Gasteiger partial charge in [-0.05, 0) is 0 Å². The van der Waals surface area contributed by atoms with Crippen molar-refractivity contribution in [1.29, 1.82) is 0 Å². The number of carbonyl (C=O) groups is 2. The van der Waals surface area contributed by atoms with Crippen molar-refractivity contribution in [2.75, 3.05) is 12.4 Å². The molecule has 0 bridgehead atoms. The van der Waals surface area contributed by atoms with E-state index >= 15 is 0 Å². The molecule has 0 aromatic rings. The van der Waals surface area contributed by atoms with E-state index in [9.17, 15) is 9.59 Å². The third-order valence-corrected chi connectivity index (χ3v) is 1.53. The molecule has 12 heavy (non-hydrogen) atoms. The summed E-state index contributed by atoms with van der Waals surface area (Å²) in [5, 5.41) is 13.5. The summed E-state index contributed by atoms with van der Waals surface area (Å²) in [6.07, 6.45) is 0. The van der Waals surface area contributed by atoms with E-state index in [1.807, 2.05) is 0 Å². The maximum Gasteiger partial charge on any atom is 0.321 e. The van der Waals surface area contributed by atoms with Crippen molar-refractivity contribution < 1.29 is 14.7 Å². The average molecular weight is 192 g/mol. The van der Waals surface area contributed by atoms with Crippen LogP contribution in [0.2, 0.25) is 0 Å². The number of carboxylic acid groups (broad SMARTS) is 1. The summed E-state index contributed by atoms with van der Waals surface area (Å²) in [5.74, 6) is -0.990. The van der Waals surface area contributed by atoms with Gasteiger partial charge in [-0.25, -0.2) is 0 Å². The van der Waals surface area contributed by atoms with Gasteiger partial charge in [0, 0.05) is 12.7 Å². The van der Waals surface area contributed by atoms with Gasteiger partial charge in [-0.3, -0.25) is 14.9 Å². The zero-order valence-electron chi connectivity index (χ0n) is 6.70. The Labute approximate surface area is 75.9 Å². The number of amides is 1. The van der Waals surface area contributed by atoms with Crippen molar-refractivity contribution in [2.24, 2.45) is 0 Å². The third-order valence-electron chi connectivity index (χ3n) is 1.17. The fourth-order valence-corrected chi connectivity index (χ4v) is 0.814. The van der Waals surface area contributed by atoms with E-state index < -0.39 is 12.0 Å². The van der Waals surface area contributed by atoms with Crippen LogP contribution < -0.4 is 10.6 Å². The molecule has 0 saturated heterocycles. The number of thiol groups is 1. The van der Waals surface area contributed by atoms with Crippen LogP contribution in [0.15, 0.2) is 0 Å². The van der Waals surface area contributed by atoms with Gasteiger partial charge in [-0.1, -0.05) is 0 Å². The number of rotatable bonds is 5. The Morgan fingerprint density at radius 3 is 2.50 bits per heavy atom. The zero-order chi connectivity index (χ0) is 9.56. The Hall–Kier alpha value is -0.750. The minimum Gasteiger partial charge on any atom is -0.480 e. The highest BCUT2D eigenvalue weighted by Crippen LogP contribution is 1.86. The van der Waals surface area contributed by atoms with Gasteiger partial charge in [0.05, 0.1) is 6.67 Å². The second-order valence-corrected chi connectivity index (χ2v) is 2.55. The fourth-order valence-electron chi connectivity index (χ4n) is 0.529. The highest BCUT2D eigenvalue weighted by atomic mass is 32.1. The predicted octanol–water partition coefficient (Wildman–Crippen LogP) is -0.947. The first kappa shape index (κ1) is 11.2. The highest BCUT2D eigenvalue weighted by Gasteiger charge is 2.13. The number of hydrogen-bond donors (Lipinski definition) is 4. The van der Waals surface area contributed by atoms with E-state index in [2.05, 4.69) is 23.3 Å². The molecule has 0 unspecified atom stereocenters. The van der Waals surface area contributed by atoms with Gasteiger partial charge in [0.1, 0.15) is 6.04 Å². The second-order valence-electron chi connectivity index (χ2n) is 2.19. The first-order valence-corrected chi connectivity index (χ1v) is 4.02. The van der Waals surface area contributed by atoms with Gasteiger partial charge in [0.2, 0.25) is 5.91 Å². The van der Waals surface area contributed by atoms with Crippen LogP contribution in [0.1, 0.15) is 6.92 Å². The minimum absolute atomic E-state index is 0.146. The Bertz CT molecular complexity index is 174. The second kappa shape index (κ2) is 5.84. The third kappa shape index (κ3) is 4.97. The Balaban J connectivity index is 3.59. The summed E-state index contributed by atoms with van der Waals surface area (Å²) in [4.78, 5) is 20.7. The summed E-state index contributed by atoms with van der Waals surface area (Å²) in [7, 11) is 0. The standard InChI is InChI=1S/C6H12N2O3S/c1-4(9)7-3-8-5(2-12)6(10)11/h5,8,12H,2-3H2,1H3,(H,7,9)(H,10,11)/t5-/m0/s1. The molecule has 0 rings (SSSR count). The number of nitrogens with one attached hydrogen (secondary N) is 2. The quantitative estimate of drug-likeness (QED) is 0.334. The molecule has 0 saturated carbocycles. The molecule has 0 aliphatic carbocycles. The highest BCUT2D eigenvalue weighted by molar-refractivity contribution is 7.80. The van der Waals surface area contributed by atoms with Crippen LogP contribution >= 0.6 is 12.6 Å². The molecule has 0 aromatic carbocycles. The SMILES string of the molecule is CC(=O)NCN[C@@H](CS)C(=O)O. The maximum absolute atomic E-state index is 10.4. The molecule has 1 amide bonds. The molecule has 70 valence electrons. The van der Waals surface area contributed by atoms with Crippen molar-refractivity contribution in [3.05, 3.63) is 0 Å². The first-order valence-electron chi connectivity index (χ1n) is 3.39. The molecule has 0 heterocycles. The van der Waals surface area contributed by atoms with Gasteiger partial charge in [-0.2, -0.15) is 12.6 Å². The predicted molar refractivity (Wildman–Crippen MR) is 47.1 cm³/mol. The van der Waals surface area contributed by atoms with Crippen molar-refractivity contribution in [2.45, 2.75) is 13.0 Å². The first-order chi connectivity index (χ1) is 5.57. The summed E-state index contributed by atoms with van der Waals surface area (Å²) >= 11 is 3.82. The van der Waals surface area contributed by atoms with Gasteiger partial charge in [0.25, 0.3) is 0 Å². The lowest BCUT2D eigenvalue weighted by molar-refractivity contribution is -0.139. The molecule has 3 N–H and O–H groups in total. The number of carbonyl (C=O) groups excluding carboxylic acids is 1. The summed E-state index contributed by atoms with van der Waals surface area (Å²) in [6, 6.07) is -0.722. The van der Waals surface area contributed by atoms with Crippen molar-refractivity contribution in [3.8, 4) is 0 Å². The normalized spacial score (nSPS) is 12.2. The van der Waals surface area contributed by atoms with E-state index in [0.717, 1.165) is 0 Å². The summed E-state index contributed by atoms with van der Waals surface area (Å²) < 4.78 is 0. The van der Waals surface area contributed by atoms with E-state index in [1.165, 1.54) is 6.92 Å². The molecule has 6 heteroatoms. The topological polar surface area (TPSA) is 78.4 Å². The van der Waals surface area contributed by atoms with Crippen LogP contribution in [-0.4, -0.2) is 35.4 Å². The van der Waals surface area contributed by atoms with Gasteiger partial charge < -0.3 is 10.4 Å². The van der Waals surface area contributed by atoms with Crippen molar-refractivity contribution in [1.82, 2.24) is 10.6 Å². The molecule has 1 atom stereocenters. The van der Waals surface area contributed by atoms with Gasteiger partial charge in [0.15, 0.2) is 0 Å². The molecule has 5 nitrogen and oxygen atoms in total. The van der Waals surface area contributed by atoms with Crippen molar-refractivity contribution >= 4 is 24.5 Å². The molecular weight excluding hydrogens is 180 g/mol. The van der Waals surface area contributed by atoms with E-state index in [1.54, 1.807) is 0 Å². The van der Waals surface area contributed by atoms with E-state index in [0.29, 0.717) is 0 Å². The van der Waals surface area contributed by atoms with Crippen molar-refractivity contribution in [3.63, 3.8) is 0 Å². The molecule has 0 spiro atoms. The largest absolute Gasteiger partial charge is 0.480 e. The van der Waals surface area contributed by atoms with Crippen LogP contribution in [0.5, 0.6) is 0 Å². The van der Waals surface area contributed by atoms with Gasteiger partial charge >= 0.3 is 5.97 Å². The molecule has 0 aliphatic rings.